The second kappa shape index (κ2) is 9.99. The van der Waals surface area contributed by atoms with Gasteiger partial charge in [0, 0.05) is 31.7 Å². The van der Waals surface area contributed by atoms with Crippen LogP contribution >= 0.6 is 0 Å². The third kappa shape index (κ3) is 4.86. The van der Waals surface area contributed by atoms with E-state index in [1.54, 1.807) is 23.0 Å². The molecule has 1 unspecified atom stereocenters. The van der Waals surface area contributed by atoms with Gasteiger partial charge >= 0.3 is 0 Å². The zero-order valence-corrected chi connectivity index (χ0v) is 19.4. The molecule has 2 aromatic heterocycles. The summed E-state index contributed by atoms with van der Waals surface area (Å²) in [6.45, 7) is 5.57. The maximum Gasteiger partial charge on any atom is 0.170 e. The van der Waals surface area contributed by atoms with Crippen molar-refractivity contribution in [2.75, 3.05) is 26.3 Å². The van der Waals surface area contributed by atoms with Crippen LogP contribution in [0.4, 0.5) is 4.39 Å². The maximum atomic E-state index is 13.2. The maximum absolute atomic E-state index is 13.2. The van der Waals surface area contributed by atoms with Crippen molar-refractivity contribution in [1.82, 2.24) is 19.7 Å². The lowest BCUT2D eigenvalue weighted by Gasteiger charge is -2.36. The summed E-state index contributed by atoms with van der Waals surface area (Å²) in [5.41, 5.74) is 5.20. The Bertz CT molecular complexity index is 1180. The Morgan fingerprint density at radius 3 is 2.59 bits per heavy atom. The third-order valence-corrected chi connectivity index (χ3v) is 6.85. The Morgan fingerprint density at radius 1 is 1.12 bits per heavy atom. The third-order valence-electron chi connectivity index (χ3n) is 6.85. The number of Topliss-reactive ketones (excluding diaryl/α,β-unsaturated/α-hetero) is 1. The average Bonchev–Trinajstić information content (AvgIpc) is 3.27. The van der Waals surface area contributed by atoms with E-state index in [0.717, 1.165) is 68.2 Å². The lowest BCUT2D eigenvalue weighted by molar-refractivity contribution is 0.0150. The van der Waals surface area contributed by atoms with E-state index in [9.17, 15) is 9.18 Å². The molecule has 0 N–H and O–H groups in total. The fraction of sp³-hybridized carbons (Fsp3) is 0.370. The lowest BCUT2D eigenvalue weighted by Crippen LogP contribution is -2.43. The van der Waals surface area contributed by atoms with E-state index >= 15 is 0 Å². The molecule has 0 amide bonds. The Labute approximate surface area is 199 Å². The molecule has 0 saturated carbocycles. The minimum atomic E-state index is -0.304. The Balaban J connectivity index is 1.22. The highest BCUT2D eigenvalue weighted by atomic mass is 19.1. The minimum Gasteiger partial charge on any atom is -0.379 e. The highest BCUT2D eigenvalue weighted by Gasteiger charge is 2.24. The summed E-state index contributed by atoms with van der Waals surface area (Å²) in [6, 6.07) is 10.7. The Hall–Kier alpha value is -3.16. The molecule has 1 fully saturated rings. The van der Waals surface area contributed by atoms with Crippen LogP contribution in [0.3, 0.4) is 0 Å². The molecule has 0 spiro atoms. The molecule has 3 heterocycles. The number of hydrogen-bond donors (Lipinski definition) is 0. The van der Waals surface area contributed by atoms with Gasteiger partial charge < -0.3 is 4.74 Å². The predicted octanol–water partition coefficient (Wildman–Crippen LogP) is 4.41. The van der Waals surface area contributed by atoms with Crippen molar-refractivity contribution >= 4 is 11.4 Å². The lowest BCUT2D eigenvalue weighted by atomic mass is 9.91. The van der Waals surface area contributed by atoms with E-state index in [4.69, 9.17) is 4.74 Å². The number of hydrogen-bond acceptors (Lipinski definition) is 5. The molecule has 1 aliphatic heterocycles. The number of ether oxygens (including phenoxy) is 1. The normalized spacial score (nSPS) is 19.1. The van der Waals surface area contributed by atoms with Gasteiger partial charge in [-0.1, -0.05) is 12.1 Å². The molecule has 3 aromatic rings. The summed E-state index contributed by atoms with van der Waals surface area (Å²) < 4.78 is 20.4. The smallest absolute Gasteiger partial charge is 0.170 e. The van der Waals surface area contributed by atoms with Crippen LogP contribution in [0.25, 0.3) is 11.3 Å². The largest absolute Gasteiger partial charge is 0.379 e. The zero-order chi connectivity index (χ0) is 23.5. The van der Waals surface area contributed by atoms with Gasteiger partial charge in [0.15, 0.2) is 5.78 Å². The topological polar surface area (TPSA) is 60.3 Å². The van der Waals surface area contributed by atoms with Crippen LogP contribution in [0.15, 0.2) is 54.9 Å². The predicted molar refractivity (Wildman–Crippen MR) is 129 cm³/mol. The van der Waals surface area contributed by atoms with Crippen molar-refractivity contribution in [3.8, 4) is 5.69 Å². The van der Waals surface area contributed by atoms with Crippen molar-refractivity contribution in [2.45, 2.75) is 38.6 Å². The van der Waals surface area contributed by atoms with Gasteiger partial charge in [-0.3, -0.25) is 14.7 Å². The van der Waals surface area contributed by atoms with E-state index in [1.165, 1.54) is 17.7 Å². The SMILES string of the molecule is Cc1c(C(=O)Cc2ccc(C3=CCC(N4CCOCC4)CC3)nc2)cnn1-c1ccc(F)cc1. The first-order valence-electron chi connectivity index (χ1n) is 11.9. The number of carbonyl (C=O) groups excluding carboxylic acids is 1. The highest BCUT2D eigenvalue weighted by molar-refractivity contribution is 5.98. The second-order valence-electron chi connectivity index (χ2n) is 8.99. The van der Waals surface area contributed by atoms with Crippen molar-refractivity contribution in [3.63, 3.8) is 0 Å². The van der Waals surface area contributed by atoms with Crippen LogP contribution in [0.5, 0.6) is 0 Å². The summed E-state index contributed by atoms with van der Waals surface area (Å²) in [5, 5.41) is 4.33. The van der Waals surface area contributed by atoms with Crippen LogP contribution in [0.1, 0.15) is 46.6 Å². The summed E-state index contributed by atoms with van der Waals surface area (Å²) >= 11 is 0. The molecular formula is C27H29FN4O2. The van der Waals surface area contributed by atoms with E-state index in [2.05, 4.69) is 21.1 Å². The van der Waals surface area contributed by atoms with Gasteiger partial charge in [0.2, 0.25) is 0 Å². The van der Waals surface area contributed by atoms with Gasteiger partial charge in [-0.15, -0.1) is 0 Å². The molecule has 1 saturated heterocycles. The molecule has 1 aliphatic carbocycles. The Kier molecular flexibility index (Phi) is 6.65. The summed E-state index contributed by atoms with van der Waals surface area (Å²) in [6.07, 6.45) is 9.20. The number of nitrogens with zero attached hydrogens (tertiary/aromatic N) is 4. The number of allylic oxidation sites excluding steroid dienone is 1. The van der Waals surface area contributed by atoms with Gasteiger partial charge in [-0.2, -0.15) is 5.10 Å². The quantitative estimate of drug-likeness (QED) is 0.510. The van der Waals surface area contributed by atoms with E-state index < -0.39 is 0 Å². The number of morpholine rings is 1. The number of carbonyl (C=O) groups is 1. The number of pyridine rings is 1. The fourth-order valence-electron chi connectivity index (χ4n) is 4.85. The van der Waals surface area contributed by atoms with Crippen LogP contribution in [0, 0.1) is 12.7 Å². The number of ketones is 1. The zero-order valence-electron chi connectivity index (χ0n) is 19.4. The van der Waals surface area contributed by atoms with Crippen LogP contribution in [0.2, 0.25) is 0 Å². The van der Waals surface area contributed by atoms with Crippen LogP contribution in [-0.2, 0) is 11.2 Å². The van der Waals surface area contributed by atoms with E-state index in [-0.39, 0.29) is 18.0 Å². The molecule has 5 rings (SSSR count). The van der Waals surface area contributed by atoms with E-state index in [1.807, 2.05) is 25.3 Å². The van der Waals surface area contributed by atoms with Gasteiger partial charge in [0.25, 0.3) is 0 Å². The summed E-state index contributed by atoms with van der Waals surface area (Å²) in [7, 11) is 0. The molecule has 34 heavy (non-hydrogen) atoms. The second-order valence-corrected chi connectivity index (χ2v) is 8.99. The molecule has 1 aromatic carbocycles. The molecule has 0 bridgehead atoms. The van der Waals surface area contributed by atoms with Crippen molar-refractivity contribution in [3.05, 3.63) is 83.2 Å². The molecule has 6 nitrogen and oxygen atoms in total. The first-order valence-corrected chi connectivity index (χ1v) is 11.9. The molecule has 1 atom stereocenters. The monoisotopic (exact) mass is 460 g/mol. The standard InChI is InChI=1S/C27H29FN4O2/c1-19-25(18-30-32(19)24-9-5-22(28)6-10-24)27(33)16-20-2-11-26(29-17-20)21-3-7-23(8-4-21)31-12-14-34-15-13-31/h2-3,5-6,9-11,17-18,23H,4,7-8,12-16H2,1H3. The van der Waals surface area contributed by atoms with Gasteiger partial charge in [0.1, 0.15) is 5.82 Å². The highest BCUT2D eigenvalue weighted by Crippen LogP contribution is 2.29. The Morgan fingerprint density at radius 2 is 1.91 bits per heavy atom. The molecular weight excluding hydrogens is 431 g/mol. The van der Waals surface area contributed by atoms with Gasteiger partial charge in [-0.05, 0) is 67.7 Å². The van der Waals surface area contributed by atoms with Crippen LogP contribution < -0.4 is 0 Å². The van der Waals surface area contributed by atoms with Crippen molar-refractivity contribution in [1.29, 1.82) is 0 Å². The number of aromatic nitrogens is 3. The number of benzene rings is 1. The fourth-order valence-corrected chi connectivity index (χ4v) is 4.85. The minimum absolute atomic E-state index is 0.00866. The summed E-state index contributed by atoms with van der Waals surface area (Å²) in [4.78, 5) is 20.1. The van der Waals surface area contributed by atoms with Gasteiger partial charge in [-0.25, -0.2) is 9.07 Å². The van der Waals surface area contributed by atoms with Crippen molar-refractivity contribution in [2.24, 2.45) is 0 Å². The molecule has 0 radical (unpaired) electrons. The molecule has 176 valence electrons. The van der Waals surface area contributed by atoms with Crippen LogP contribution in [-0.4, -0.2) is 57.8 Å². The van der Waals surface area contributed by atoms with Gasteiger partial charge in [0.05, 0.1) is 42.0 Å². The number of rotatable bonds is 6. The summed E-state index contributed by atoms with van der Waals surface area (Å²) in [5.74, 6) is -0.313. The first kappa shape index (κ1) is 22.6. The van der Waals surface area contributed by atoms with E-state index in [0.29, 0.717) is 11.6 Å². The average molecular weight is 461 g/mol. The molecule has 7 heteroatoms. The van der Waals surface area contributed by atoms with Crippen molar-refractivity contribution < 1.29 is 13.9 Å². The molecule has 2 aliphatic rings. The number of halogens is 1. The first-order chi connectivity index (χ1) is 16.6.